The van der Waals surface area contributed by atoms with Crippen molar-refractivity contribution in [2.45, 2.75) is 13.8 Å². The van der Waals surface area contributed by atoms with Gasteiger partial charge in [-0.15, -0.1) is 0 Å². The summed E-state index contributed by atoms with van der Waals surface area (Å²) in [4.78, 5) is 18.1. The number of pyridine rings is 1. The van der Waals surface area contributed by atoms with Crippen LogP contribution in [0.5, 0.6) is 0 Å². The normalized spacial score (nSPS) is 10.3. The zero-order valence-corrected chi connectivity index (χ0v) is 13.1. The summed E-state index contributed by atoms with van der Waals surface area (Å²) in [6.45, 7) is 3.94. The van der Waals surface area contributed by atoms with Crippen molar-refractivity contribution in [2.24, 2.45) is 0 Å². The number of anilines is 2. The number of likely N-dealkylation sites (N-methyl/N-ethyl adjacent to an activating group) is 1. The maximum Gasteiger partial charge on any atom is 0.246 e. The fourth-order valence-electron chi connectivity index (χ4n) is 1.99. The van der Waals surface area contributed by atoms with Gasteiger partial charge in [-0.2, -0.15) is 0 Å². The summed E-state index contributed by atoms with van der Waals surface area (Å²) in [7, 11) is 1.76. The minimum atomic E-state index is -0.0340. The summed E-state index contributed by atoms with van der Waals surface area (Å²) >= 11 is 6.08. The first kappa shape index (κ1) is 15.3. The Kier molecular flexibility index (Phi) is 4.81. The summed E-state index contributed by atoms with van der Waals surface area (Å²) in [6.07, 6.45) is 0. The number of nitrogens with one attached hydrogen (secondary N) is 1. The molecule has 0 spiro atoms. The van der Waals surface area contributed by atoms with Gasteiger partial charge in [-0.3, -0.25) is 4.79 Å². The lowest BCUT2D eigenvalue weighted by Crippen LogP contribution is -2.32. The van der Waals surface area contributed by atoms with Gasteiger partial charge in [-0.25, -0.2) is 4.98 Å². The number of amides is 1. The molecule has 0 radical (unpaired) electrons. The van der Waals surface area contributed by atoms with E-state index in [9.17, 15) is 4.79 Å². The Labute approximate surface area is 129 Å². The molecule has 0 atom stereocenters. The van der Waals surface area contributed by atoms with E-state index in [1.165, 1.54) is 0 Å². The molecule has 1 heterocycles. The smallest absolute Gasteiger partial charge is 0.246 e. The molecule has 2 aromatic rings. The summed E-state index contributed by atoms with van der Waals surface area (Å²) in [5.41, 5.74) is 2.55. The molecule has 5 heteroatoms. The van der Waals surface area contributed by atoms with Crippen molar-refractivity contribution in [1.29, 1.82) is 0 Å². The molecule has 1 aromatic heterocycles. The van der Waals surface area contributed by atoms with E-state index in [2.05, 4.69) is 10.3 Å². The molecule has 0 aliphatic heterocycles. The van der Waals surface area contributed by atoms with Gasteiger partial charge in [0.1, 0.15) is 5.82 Å². The number of benzene rings is 1. The molecule has 0 aliphatic carbocycles. The molecule has 0 unspecified atom stereocenters. The van der Waals surface area contributed by atoms with Gasteiger partial charge in [0, 0.05) is 12.7 Å². The van der Waals surface area contributed by atoms with Gasteiger partial charge >= 0.3 is 0 Å². The molecule has 1 aromatic carbocycles. The predicted octanol–water partition coefficient (Wildman–Crippen LogP) is 3.43. The first-order valence-electron chi connectivity index (χ1n) is 6.68. The van der Waals surface area contributed by atoms with Crippen LogP contribution in [0.3, 0.4) is 0 Å². The van der Waals surface area contributed by atoms with Crippen LogP contribution in [-0.2, 0) is 4.79 Å². The van der Waals surface area contributed by atoms with Crippen LogP contribution in [-0.4, -0.2) is 24.5 Å². The second kappa shape index (κ2) is 6.59. The first-order valence-corrected chi connectivity index (χ1v) is 7.06. The van der Waals surface area contributed by atoms with Crippen molar-refractivity contribution < 1.29 is 4.79 Å². The Hall–Kier alpha value is -2.07. The average molecular weight is 304 g/mol. The molecule has 110 valence electrons. The molecule has 2 rings (SSSR count). The Morgan fingerprint density at radius 3 is 2.57 bits per heavy atom. The predicted molar refractivity (Wildman–Crippen MR) is 87.1 cm³/mol. The van der Waals surface area contributed by atoms with Crippen molar-refractivity contribution in [3.05, 3.63) is 52.7 Å². The van der Waals surface area contributed by atoms with Gasteiger partial charge in [0.2, 0.25) is 5.91 Å². The molecule has 0 fully saturated rings. The van der Waals surface area contributed by atoms with Crippen molar-refractivity contribution in [2.75, 3.05) is 23.8 Å². The summed E-state index contributed by atoms with van der Waals surface area (Å²) in [5.74, 6) is 0.623. The second-order valence-corrected chi connectivity index (χ2v) is 5.24. The maximum atomic E-state index is 12.2. The van der Waals surface area contributed by atoms with Crippen LogP contribution in [0, 0.1) is 13.8 Å². The molecule has 1 N–H and O–H groups in total. The lowest BCUT2D eigenvalue weighted by molar-refractivity contribution is -0.116. The van der Waals surface area contributed by atoms with Crippen LogP contribution in [0.15, 0.2) is 36.4 Å². The number of halogens is 1. The van der Waals surface area contributed by atoms with Crippen LogP contribution in [0.4, 0.5) is 11.5 Å². The third-order valence-electron chi connectivity index (χ3n) is 3.24. The molecule has 1 amide bonds. The minimum Gasteiger partial charge on any atom is -0.361 e. The Balaban J connectivity index is 2.01. The molecule has 0 saturated heterocycles. The van der Waals surface area contributed by atoms with Crippen molar-refractivity contribution in [3.8, 4) is 0 Å². The topological polar surface area (TPSA) is 45.2 Å². The van der Waals surface area contributed by atoms with E-state index in [1.54, 1.807) is 11.9 Å². The molecular formula is C16H18ClN3O. The summed E-state index contributed by atoms with van der Waals surface area (Å²) in [5, 5.41) is 3.70. The van der Waals surface area contributed by atoms with Crippen LogP contribution in [0.1, 0.15) is 11.3 Å². The fourth-order valence-corrected chi connectivity index (χ4v) is 2.08. The molecule has 0 aliphatic rings. The van der Waals surface area contributed by atoms with Gasteiger partial charge in [-0.1, -0.05) is 29.8 Å². The van der Waals surface area contributed by atoms with E-state index in [0.29, 0.717) is 10.8 Å². The van der Waals surface area contributed by atoms with E-state index in [-0.39, 0.29) is 12.5 Å². The number of hydrogen-bond acceptors (Lipinski definition) is 3. The van der Waals surface area contributed by atoms with Gasteiger partial charge in [0.15, 0.2) is 0 Å². The lowest BCUT2D eigenvalue weighted by atomic mass is 10.2. The zero-order chi connectivity index (χ0) is 15.4. The number of carbonyl (C=O) groups is 1. The number of aromatic nitrogens is 1. The Bertz CT molecular complexity index is 620. The highest BCUT2D eigenvalue weighted by Crippen LogP contribution is 2.21. The maximum absolute atomic E-state index is 12.2. The highest BCUT2D eigenvalue weighted by molar-refractivity contribution is 6.32. The number of para-hydroxylation sites is 1. The quantitative estimate of drug-likeness (QED) is 0.941. The van der Waals surface area contributed by atoms with Gasteiger partial charge in [0.05, 0.1) is 17.3 Å². The first-order chi connectivity index (χ1) is 9.99. The van der Waals surface area contributed by atoms with Crippen LogP contribution in [0.25, 0.3) is 0 Å². The van der Waals surface area contributed by atoms with E-state index < -0.39 is 0 Å². The SMILES string of the molecule is Cc1cc(NCC(=O)N(C)c2ccccc2)nc(C)c1Cl. The average Bonchev–Trinajstić information content (AvgIpc) is 2.50. The van der Waals surface area contributed by atoms with Crippen LogP contribution < -0.4 is 10.2 Å². The van der Waals surface area contributed by atoms with E-state index >= 15 is 0 Å². The highest BCUT2D eigenvalue weighted by atomic mass is 35.5. The van der Waals surface area contributed by atoms with E-state index in [1.807, 2.05) is 50.2 Å². The van der Waals surface area contributed by atoms with Crippen LogP contribution >= 0.6 is 11.6 Å². The van der Waals surface area contributed by atoms with Crippen molar-refractivity contribution in [3.63, 3.8) is 0 Å². The third-order valence-corrected chi connectivity index (χ3v) is 3.82. The number of rotatable bonds is 4. The van der Waals surface area contributed by atoms with Crippen molar-refractivity contribution >= 4 is 29.0 Å². The number of aryl methyl sites for hydroxylation is 2. The van der Waals surface area contributed by atoms with Gasteiger partial charge in [0.25, 0.3) is 0 Å². The minimum absolute atomic E-state index is 0.0340. The Morgan fingerprint density at radius 2 is 1.95 bits per heavy atom. The largest absolute Gasteiger partial charge is 0.361 e. The van der Waals surface area contributed by atoms with E-state index in [0.717, 1.165) is 16.9 Å². The fraction of sp³-hybridized carbons (Fsp3) is 0.250. The zero-order valence-electron chi connectivity index (χ0n) is 12.4. The number of nitrogens with zero attached hydrogens (tertiary/aromatic N) is 2. The van der Waals surface area contributed by atoms with Gasteiger partial charge < -0.3 is 10.2 Å². The second-order valence-electron chi connectivity index (χ2n) is 4.87. The monoisotopic (exact) mass is 303 g/mol. The molecular weight excluding hydrogens is 286 g/mol. The number of carbonyl (C=O) groups excluding carboxylic acids is 1. The summed E-state index contributed by atoms with van der Waals surface area (Å²) < 4.78 is 0. The van der Waals surface area contributed by atoms with Crippen molar-refractivity contribution in [1.82, 2.24) is 4.98 Å². The Morgan fingerprint density at radius 1 is 1.29 bits per heavy atom. The lowest BCUT2D eigenvalue weighted by Gasteiger charge is -2.18. The molecule has 4 nitrogen and oxygen atoms in total. The van der Waals surface area contributed by atoms with Gasteiger partial charge in [-0.05, 0) is 37.6 Å². The standard InChI is InChI=1S/C16H18ClN3O/c1-11-9-14(19-12(2)16(11)17)18-10-15(21)20(3)13-7-5-4-6-8-13/h4-9H,10H2,1-3H3,(H,18,19). The summed E-state index contributed by atoms with van der Waals surface area (Å²) in [6, 6.07) is 11.4. The third kappa shape index (κ3) is 3.73. The van der Waals surface area contributed by atoms with Crippen LogP contribution in [0.2, 0.25) is 5.02 Å². The van der Waals surface area contributed by atoms with E-state index in [4.69, 9.17) is 11.6 Å². The number of hydrogen-bond donors (Lipinski definition) is 1. The molecule has 0 saturated carbocycles. The highest BCUT2D eigenvalue weighted by Gasteiger charge is 2.11. The molecule has 21 heavy (non-hydrogen) atoms. The molecule has 0 bridgehead atoms.